The third kappa shape index (κ3) is 5.30. The van der Waals surface area contributed by atoms with Gasteiger partial charge in [0.05, 0.1) is 22.2 Å². The molecule has 0 fully saturated rings. The number of carbonyl (C=O) groups is 3. The molecule has 0 bridgehead atoms. The van der Waals surface area contributed by atoms with E-state index in [4.69, 9.17) is 45.6 Å². The number of carbonyl (C=O) groups excluding carboxylic acids is 2. The smallest absolute Gasteiger partial charge is 0.326 e. The van der Waals surface area contributed by atoms with Crippen molar-refractivity contribution in [1.82, 2.24) is 5.32 Å². The summed E-state index contributed by atoms with van der Waals surface area (Å²) in [6, 6.07) is 0.327. The first-order valence-electron chi connectivity index (χ1n) is 5.44. The van der Waals surface area contributed by atoms with Crippen molar-refractivity contribution in [2.45, 2.75) is 12.5 Å². The topological polar surface area (TPSA) is 122 Å². The van der Waals surface area contributed by atoms with Crippen LogP contribution in [0.15, 0.2) is 12.1 Å². The summed E-state index contributed by atoms with van der Waals surface area (Å²) < 4.78 is 0. The minimum atomic E-state index is -1.47. The molecule has 1 aromatic carbocycles. The van der Waals surface area contributed by atoms with Crippen LogP contribution in [0, 0.1) is 0 Å². The minimum Gasteiger partial charge on any atom is -0.480 e. The number of rotatable bonds is 5. The van der Waals surface area contributed by atoms with Crippen LogP contribution in [0.3, 0.4) is 0 Å². The van der Waals surface area contributed by atoms with Gasteiger partial charge in [-0.05, 0) is 12.1 Å². The fraction of sp³-hybridized carbons (Fsp3) is 0.182. The lowest BCUT2D eigenvalue weighted by Gasteiger charge is -2.15. The summed E-state index contributed by atoms with van der Waals surface area (Å²) in [6.07, 6.45) is -0.551. The number of anilines is 1. The van der Waals surface area contributed by atoms with E-state index < -0.39 is 30.4 Å². The van der Waals surface area contributed by atoms with Gasteiger partial charge in [0.25, 0.3) is 0 Å². The van der Waals surface area contributed by atoms with Gasteiger partial charge in [0.15, 0.2) is 0 Å². The molecule has 0 aromatic heterocycles. The van der Waals surface area contributed by atoms with E-state index in [2.05, 4.69) is 10.6 Å². The number of amides is 3. The van der Waals surface area contributed by atoms with Gasteiger partial charge in [0.1, 0.15) is 6.04 Å². The van der Waals surface area contributed by atoms with Crippen molar-refractivity contribution in [3.8, 4) is 0 Å². The summed E-state index contributed by atoms with van der Waals surface area (Å²) in [4.78, 5) is 33.3. The zero-order valence-electron chi connectivity index (χ0n) is 10.3. The molecule has 0 spiro atoms. The number of halogens is 3. The van der Waals surface area contributed by atoms with E-state index in [9.17, 15) is 14.4 Å². The average Bonchev–Trinajstić information content (AvgIpc) is 2.32. The van der Waals surface area contributed by atoms with Gasteiger partial charge >= 0.3 is 12.0 Å². The van der Waals surface area contributed by atoms with Crippen molar-refractivity contribution >= 4 is 58.4 Å². The molecule has 0 saturated carbocycles. The molecule has 1 atom stereocenters. The van der Waals surface area contributed by atoms with E-state index >= 15 is 0 Å². The van der Waals surface area contributed by atoms with Crippen LogP contribution in [0.25, 0.3) is 0 Å². The lowest BCUT2D eigenvalue weighted by molar-refractivity contribution is -0.140. The lowest BCUT2D eigenvalue weighted by atomic mass is 10.2. The number of carboxylic acid groups (broad SMARTS) is 1. The number of carboxylic acids is 1. The molecule has 5 N–H and O–H groups in total. The molecule has 3 amide bonds. The SMILES string of the molecule is NC(=O)C[C@@H](NC(=O)Nc1c(Cl)cc(Cl)cc1Cl)C(=O)O. The monoisotopic (exact) mass is 353 g/mol. The number of nitrogens with two attached hydrogens (primary N) is 1. The van der Waals surface area contributed by atoms with E-state index in [-0.39, 0.29) is 20.8 Å². The first-order chi connectivity index (χ1) is 9.70. The van der Waals surface area contributed by atoms with E-state index in [1.807, 2.05) is 0 Å². The number of urea groups is 1. The van der Waals surface area contributed by atoms with Crippen LogP contribution in [-0.2, 0) is 9.59 Å². The van der Waals surface area contributed by atoms with Gasteiger partial charge in [-0.3, -0.25) is 4.79 Å². The zero-order valence-corrected chi connectivity index (χ0v) is 12.6. The van der Waals surface area contributed by atoms with Crippen LogP contribution in [0.4, 0.5) is 10.5 Å². The van der Waals surface area contributed by atoms with Gasteiger partial charge < -0.3 is 21.5 Å². The summed E-state index contributed by atoms with van der Waals surface area (Å²) in [5.74, 6) is -2.28. The minimum absolute atomic E-state index is 0.0587. The van der Waals surface area contributed by atoms with Crippen molar-refractivity contribution in [2.75, 3.05) is 5.32 Å². The molecule has 0 radical (unpaired) electrons. The molecular formula is C11H10Cl3N3O4. The highest BCUT2D eigenvalue weighted by Crippen LogP contribution is 2.33. The maximum absolute atomic E-state index is 11.7. The third-order valence-electron chi connectivity index (χ3n) is 2.25. The Kier molecular flexibility index (Phi) is 6.07. The van der Waals surface area contributed by atoms with Crippen LogP contribution in [-0.4, -0.2) is 29.1 Å². The highest BCUT2D eigenvalue weighted by atomic mass is 35.5. The summed E-state index contributed by atoms with van der Waals surface area (Å²) in [5.41, 5.74) is 4.95. The first-order valence-corrected chi connectivity index (χ1v) is 6.57. The molecule has 21 heavy (non-hydrogen) atoms. The Bertz CT molecular complexity index is 571. The Morgan fingerprint density at radius 3 is 2.14 bits per heavy atom. The van der Waals surface area contributed by atoms with Gasteiger partial charge in [0, 0.05) is 5.02 Å². The first kappa shape index (κ1) is 17.4. The second kappa shape index (κ2) is 7.35. The Morgan fingerprint density at radius 2 is 1.71 bits per heavy atom. The van der Waals surface area contributed by atoms with Crippen LogP contribution >= 0.6 is 34.8 Å². The maximum atomic E-state index is 11.7. The van der Waals surface area contributed by atoms with Crippen LogP contribution in [0.1, 0.15) is 6.42 Å². The number of hydrogen-bond donors (Lipinski definition) is 4. The van der Waals surface area contributed by atoms with Gasteiger partial charge in [0.2, 0.25) is 5.91 Å². The largest absolute Gasteiger partial charge is 0.480 e. The normalized spacial score (nSPS) is 11.6. The van der Waals surface area contributed by atoms with Crippen molar-refractivity contribution in [1.29, 1.82) is 0 Å². The van der Waals surface area contributed by atoms with Gasteiger partial charge in [-0.1, -0.05) is 34.8 Å². The van der Waals surface area contributed by atoms with Crippen LogP contribution < -0.4 is 16.4 Å². The predicted octanol–water partition coefficient (Wildman–Crippen LogP) is 2.10. The molecular weight excluding hydrogens is 344 g/mol. The fourth-order valence-electron chi connectivity index (χ4n) is 1.37. The van der Waals surface area contributed by atoms with Crippen LogP contribution in [0.2, 0.25) is 15.1 Å². The number of hydrogen-bond acceptors (Lipinski definition) is 3. The number of nitrogens with one attached hydrogen (secondary N) is 2. The van der Waals surface area contributed by atoms with Crippen molar-refractivity contribution in [3.63, 3.8) is 0 Å². The molecule has 0 aliphatic carbocycles. The lowest BCUT2D eigenvalue weighted by Crippen LogP contribution is -2.45. The summed E-state index contributed by atoms with van der Waals surface area (Å²) in [6.45, 7) is 0. The average molecular weight is 355 g/mol. The van der Waals surface area contributed by atoms with Gasteiger partial charge in [-0.15, -0.1) is 0 Å². The third-order valence-corrected chi connectivity index (χ3v) is 3.07. The molecule has 114 valence electrons. The Balaban J connectivity index is 2.82. The molecule has 0 aliphatic heterocycles. The molecule has 0 saturated heterocycles. The standard InChI is InChI=1S/C11H10Cl3N3O4/c12-4-1-5(13)9(6(14)2-4)17-11(21)16-7(10(19)20)3-8(15)18/h1-2,7H,3H2,(H2,15,18)(H,19,20)(H2,16,17,21)/t7-/m1/s1. The van der Waals surface area contributed by atoms with Crippen molar-refractivity contribution in [3.05, 3.63) is 27.2 Å². The molecule has 1 aromatic rings. The fourth-order valence-corrected chi connectivity index (χ4v) is 2.28. The molecule has 0 aliphatic rings. The molecule has 7 nitrogen and oxygen atoms in total. The number of primary amides is 1. The van der Waals surface area contributed by atoms with E-state index in [0.717, 1.165) is 0 Å². The van der Waals surface area contributed by atoms with Gasteiger partial charge in [-0.2, -0.15) is 0 Å². The zero-order chi connectivity index (χ0) is 16.2. The maximum Gasteiger partial charge on any atom is 0.326 e. The van der Waals surface area contributed by atoms with Crippen molar-refractivity contribution in [2.24, 2.45) is 5.73 Å². The predicted molar refractivity (Wildman–Crippen MR) is 78.9 cm³/mol. The van der Waals surface area contributed by atoms with Gasteiger partial charge in [-0.25, -0.2) is 9.59 Å². The highest BCUT2D eigenvalue weighted by Gasteiger charge is 2.22. The molecule has 0 unspecified atom stereocenters. The Labute approximate surface area is 134 Å². The summed E-state index contributed by atoms with van der Waals surface area (Å²) in [7, 11) is 0. The van der Waals surface area contributed by atoms with E-state index in [0.29, 0.717) is 0 Å². The summed E-state index contributed by atoms with van der Waals surface area (Å²) in [5, 5.41) is 13.6. The van der Waals surface area contributed by atoms with Crippen LogP contribution in [0.5, 0.6) is 0 Å². The number of benzene rings is 1. The Hall–Kier alpha value is -1.70. The molecule has 10 heteroatoms. The van der Waals surface area contributed by atoms with E-state index in [1.54, 1.807) is 0 Å². The number of aliphatic carboxylic acids is 1. The van der Waals surface area contributed by atoms with E-state index in [1.165, 1.54) is 12.1 Å². The molecule has 1 rings (SSSR count). The highest BCUT2D eigenvalue weighted by molar-refractivity contribution is 6.42. The summed E-state index contributed by atoms with van der Waals surface area (Å²) >= 11 is 17.4. The molecule has 0 heterocycles. The Morgan fingerprint density at radius 1 is 1.19 bits per heavy atom. The quantitative estimate of drug-likeness (QED) is 0.646. The van der Waals surface area contributed by atoms with Crippen molar-refractivity contribution < 1.29 is 19.5 Å². The second-order valence-electron chi connectivity index (χ2n) is 3.90. The second-order valence-corrected chi connectivity index (χ2v) is 5.15.